The number of halogens is 2. The SMILES string of the molecule is O=C(COc1ccc(Cl)cc1Cl)NNC(=O)CN1CCCCCC1=O. The molecule has 1 saturated heterocycles. The van der Waals surface area contributed by atoms with Gasteiger partial charge in [-0.25, -0.2) is 0 Å². The second kappa shape index (κ2) is 9.48. The first-order valence-electron chi connectivity index (χ1n) is 7.89. The van der Waals surface area contributed by atoms with Crippen molar-refractivity contribution < 1.29 is 19.1 Å². The third kappa shape index (κ3) is 6.43. The van der Waals surface area contributed by atoms with Crippen LogP contribution in [0, 0.1) is 0 Å². The lowest BCUT2D eigenvalue weighted by Crippen LogP contribution is -2.48. The molecule has 2 N–H and O–H groups in total. The predicted octanol–water partition coefficient (Wildman–Crippen LogP) is 1.92. The van der Waals surface area contributed by atoms with E-state index in [4.69, 9.17) is 27.9 Å². The van der Waals surface area contributed by atoms with Crippen LogP contribution in [-0.4, -0.2) is 42.3 Å². The number of carbonyl (C=O) groups is 3. The van der Waals surface area contributed by atoms with Gasteiger partial charge in [0.05, 0.1) is 5.02 Å². The molecule has 0 unspecified atom stereocenters. The van der Waals surface area contributed by atoms with Crippen LogP contribution < -0.4 is 15.6 Å². The molecule has 136 valence electrons. The molecule has 1 aliphatic rings. The smallest absolute Gasteiger partial charge is 0.276 e. The van der Waals surface area contributed by atoms with E-state index in [2.05, 4.69) is 10.9 Å². The minimum absolute atomic E-state index is 0.0420. The number of carbonyl (C=O) groups excluding carboxylic acids is 3. The Morgan fingerprint density at radius 2 is 1.88 bits per heavy atom. The molecule has 0 aliphatic carbocycles. The Morgan fingerprint density at radius 3 is 2.64 bits per heavy atom. The maximum Gasteiger partial charge on any atom is 0.276 e. The van der Waals surface area contributed by atoms with Gasteiger partial charge in [0.1, 0.15) is 12.3 Å². The van der Waals surface area contributed by atoms with Crippen LogP contribution >= 0.6 is 23.2 Å². The highest BCUT2D eigenvalue weighted by Gasteiger charge is 2.19. The van der Waals surface area contributed by atoms with Gasteiger partial charge in [-0.15, -0.1) is 0 Å². The van der Waals surface area contributed by atoms with Crippen LogP contribution in [0.1, 0.15) is 25.7 Å². The molecule has 2 rings (SSSR count). The van der Waals surface area contributed by atoms with Gasteiger partial charge in [0.2, 0.25) is 5.91 Å². The quantitative estimate of drug-likeness (QED) is 0.755. The van der Waals surface area contributed by atoms with Crippen molar-refractivity contribution >= 4 is 40.9 Å². The van der Waals surface area contributed by atoms with Crippen molar-refractivity contribution in [3.8, 4) is 5.75 Å². The zero-order chi connectivity index (χ0) is 18.2. The average Bonchev–Trinajstić information content (AvgIpc) is 2.77. The third-order valence-electron chi connectivity index (χ3n) is 3.60. The van der Waals surface area contributed by atoms with Crippen LogP contribution in [0.3, 0.4) is 0 Å². The number of ether oxygens (including phenoxy) is 1. The van der Waals surface area contributed by atoms with Crippen LogP contribution in [0.15, 0.2) is 18.2 Å². The molecular weight excluding hydrogens is 369 g/mol. The number of hydrogen-bond donors (Lipinski definition) is 2. The van der Waals surface area contributed by atoms with Gasteiger partial charge in [0.25, 0.3) is 11.8 Å². The number of nitrogens with one attached hydrogen (secondary N) is 2. The Bertz CT molecular complexity index is 654. The summed E-state index contributed by atoms with van der Waals surface area (Å²) in [5.74, 6) is -0.753. The van der Waals surface area contributed by atoms with Crippen molar-refractivity contribution in [2.24, 2.45) is 0 Å². The molecule has 0 aromatic heterocycles. The first-order chi connectivity index (χ1) is 12.0. The number of rotatable bonds is 5. The molecule has 1 fully saturated rings. The van der Waals surface area contributed by atoms with E-state index < -0.39 is 11.8 Å². The van der Waals surface area contributed by atoms with Gasteiger partial charge in [-0.3, -0.25) is 25.2 Å². The lowest BCUT2D eigenvalue weighted by molar-refractivity contribution is -0.136. The molecule has 0 spiro atoms. The van der Waals surface area contributed by atoms with Gasteiger partial charge in [0.15, 0.2) is 6.61 Å². The highest BCUT2D eigenvalue weighted by molar-refractivity contribution is 6.35. The van der Waals surface area contributed by atoms with E-state index in [-0.39, 0.29) is 24.1 Å². The zero-order valence-electron chi connectivity index (χ0n) is 13.5. The van der Waals surface area contributed by atoms with Crippen LogP contribution in [0.25, 0.3) is 0 Å². The number of amides is 3. The molecule has 1 aliphatic heterocycles. The Hall–Kier alpha value is -1.99. The Balaban J connectivity index is 1.71. The number of hydrazine groups is 1. The first-order valence-corrected chi connectivity index (χ1v) is 8.64. The van der Waals surface area contributed by atoms with Crippen molar-refractivity contribution in [1.82, 2.24) is 15.8 Å². The van der Waals surface area contributed by atoms with Gasteiger partial charge in [-0.05, 0) is 31.0 Å². The summed E-state index contributed by atoms with van der Waals surface area (Å²) in [5, 5.41) is 0.737. The molecule has 1 heterocycles. The normalized spacial score (nSPS) is 14.6. The fourth-order valence-electron chi connectivity index (χ4n) is 2.33. The molecule has 0 bridgehead atoms. The fraction of sp³-hybridized carbons (Fsp3) is 0.438. The van der Waals surface area contributed by atoms with Gasteiger partial charge in [-0.2, -0.15) is 0 Å². The Labute approximate surface area is 155 Å². The van der Waals surface area contributed by atoms with Crippen molar-refractivity contribution in [1.29, 1.82) is 0 Å². The van der Waals surface area contributed by atoms with Crippen LogP contribution in [0.2, 0.25) is 10.0 Å². The van der Waals surface area contributed by atoms with Crippen LogP contribution in [0.4, 0.5) is 0 Å². The van der Waals surface area contributed by atoms with Crippen molar-refractivity contribution in [3.63, 3.8) is 0 Å². The second-order valence-corrected chi connectivity index (χ2v) is 6.43. The molecule has 9 heteroatoms. The molecule has 0 radical (unpaired) electrons. The van der Waals surface area contributed by atoms with E-state index in [1.54, 1.807) is 12.1 Å². The number of benzene rings is 1. The molecule has 1 aromatic rings. The van der Waals surface area contributed by atoms with Crippen molar-refractivity contribution in [2.45, 2.75) is 25.7 Å². The largest absolute Gasteiger partial charge is 0.482 e. The topological polar surface area (TPSA) is 87.7 Å². The summed E-state index contributed by atoms with van der Waals surface area (Å²) in [7, 11) is 0. The van der Waals surface area contributed by atoms with E-state index >= 15 is 0 Å². The average molecular weight is 388 g/mol. The summed E-state index contributed by atoms with van der Waals surface area (Å²) in [6.45, 7) is 0.144. The lowest BCUT2D eigenvalue weighted by Gasteiger charge is -2.19. The molecule has 3 amide bonds. The number of hydrogen-bond acceptors (Lipinski definition) is 4. The summed E-state index contributed by atoms with van der Waals surface area (Å²) in [5.41, 5.74) is 4.50. The molecule has 1 aromatic carbocycles. The van der Waals surface area contributed by atoms with Gasteiger partial charge >= 0.3 is 0 Å². The van der Waals surface area contributed by atoms with E-state index in [1.165, 1.54) is 11.0 Å². The van der Waals surface area contributed by atoms with E-state index in [9.17, 15) is 14.4 Å². The number of nitrogens with zero attached hydrogens (tertiary/aromatic N) is 1. The minimum Gasteiger partial charge on any atom is -0.482 e. The number of likely N-dealkylation sites (tertiary alicyclic amines) is 1. The third-order valence-corrected chi connectivity index (χ3v) is 4.13. The summed E-state index contributed by atoms with van der Waals surface area (Å²) in [6, 6.07) is 4.62. The molecular formula is C16H19Cl2N3O4. The standard InChI is InChI=1S/C16H19Cl2N3O4/c17-11-5-6-13(12(18)8-11)25-10-15(23)20-19-14(22)9-21-7-3-1-2-4-16(21)24/h5-6,8H,1-4,7,9-10H2,(H,19,22)(H,20,23). The molecule has 0 atom stereocenters. The second-order valence-electron chi connectivity index (χ2n) is 5.59. The summed E-state index contributed by atoms with van der Waals surface area (Å²) in [4.78, 5) is 36.9. The molecule has 25 heavy (non-hydrogen) atoms. The molecule has 7 nitrogen and oxygen atoms in total. The van der Waals surface area contributed by atoms with Crippen molar-refractivity contribution in [2.75, 3.05) is 19.7 Å². The first kappa shape index (κ1) is 19.3. The maximum atomic E-state index is 11.8. The van der Waals surface area contributed by atoms with E-state index in [1.807, 2.05) is 0 Å². The fourth-order valence-corrected chi connectivity index (χ4v) is 2.79. The van der Waals surface area contributed by atoms with E-state index in [0.29, 0.717) is 23.7 Å². The summed E-state index contributed by atoms with van der Waals surface area (Å²) >= 11 is 11.7. The maximum absolute atomic E-state index is 11.8. The van der Waals surface area contributed by atoms with Gasteiger partial charge in [0, 0.05) is 18.0 Å². The predicted molar refractivity (Wildman–Crippen MR) is 93.3 cm³/mol. The van der Waals surface area contributed by atoms with Gasteiger partial charge in [-0.1, -0.05) is 29.6 Å². The van der Waals surface area contributed by atoms with E-state index in [0.717, 1.165) is 19.3 Å². The highest BCUT2D eigenvalue weighted by Crippen LogP contribution is 2.27. The lowest BCUT2D eigenvalue weighted by atomic mass is 10.2. The Kier molecular flexibility index (Phi) is 7.33. The highest BCUT2D eigenvalue weighted by atomic mass is 35.5. The van der Waals surface area contributed by atoms with Crippen LogP contribution in [-0.2, 0) is 14.4 Å². The summed E-state index contributed by atoms with van der Waals surface area (Å²) in [6.07, 6.45) is 3.15. The van der Waals surface area contributed by atoms with Crippen LogP contribution in [0.5, 0.6) is 5.75 Å². The monoisotopic (exact) mass is 387 g/mol. The Morgan fingerprint density at radius 1 is 1.12 bits per heavy atom. The van der Waals surface area contributed by atoms with Crippen molar-refractivity contribution in [3.05, 3.63) is 28.2 Å². The summed E-state index contributed by atoms with van der Waals surface area (Å²) < 4.78 is 5.25. The van der Waals surface area contributed by atoms with Gasteiger partial charge < -0.3 is 9.64 Å². The zero-order valence-corrected chi connectivity index (χ0v) is 15.0. The minimum atomic E-state index is -0.554. The molecule has 0 saturated carbocycles.